The third kappa shape index (κ3) is 3.33. The quantitative estimate of drug-likeness (QED) is 0.898. The molecule has 3 nitrogen and oxygen atoms in total. The average Bonchev–Trinajstić information content (AvgIpc) is 2.96. The molecule has 2 rings (SSSR count). The van der Waals surface area contributed by atoms with Crippen molar-refractivity contribution in [3.63, 3.8) is 0 Å². The monoisotopic (exact) mass is 276 g/mol. The number of nitrogens with zero attached hydrogens (tertiary/aromatic N) is 1. The van der Waals surface area contributed by atoms with Crippen molar-refractivity contribution in [3.8, 4) is 5.75 Å². The smallest absolute Gasteiger partial charge is 0.118 e. The van der Waals surface area contributed by atoms with Crippen LogP contribution in [0.15, 0.2) is 24.3 Å². The fraction of sp³-hybridized carbons (Fsp3) is 0.647. The second-order valence-corrected chi connectivity index (χ2v) is 6.33. The van der Waals surface area contributed by atoms with E-state index in [1.807, 2.05) is 12.1 Å². The molecule has 1 fully saturated rings. The molecule has 112 valence electrons. The predicted octanol–water partition coefficient (Wildman–Crippen LogP) is 3.06. The first-order valence-electron chi connectivity index (χ1n) is 7.66. The van der Waals surface area contributed by atoms with Crippen molar-refractivity contribution < 1.29 is 4.74 Å². The van der Waals surface area contributed by atoms with E-state index in [1.54, 1.807) is 7.11 Å². The molecule has 0 spiro atoms. The Morgan fingerprint density at radius 1 is 1.20 bits per heavy atom. The molecular weight excluding hydrogens is 248 g/mol. The molecule has 3 heteroatoms. The first-order valence-corrected chi connectivity index (χ1v) is 7.66. The van der Waals surface area contributed by atoms with Crippen molar-refractivity contribution in [2.24, 2.45) is 17.6 Å². The number of likely N-dealkylation sites (tertiary alicyclic amines) is 1. The summed E-state index contributed by atoms with van der Waals surface area (Å²) in [6, 6.07) is 8.58. The minimum Gasteiger partial charge on any atom is -0.497 e. The summed E-state index contributed by atoms with van der Waals surface area (Å²) >= 11 is 0. The average molecular weight is 276 g/mol. The Kier molecular flexibility index (Phi) is 5.06. The highest BCUT2D eigenvalue weighted by atomic mass is 16.5. The fourth-order valence-corrected chi connectivity index (χ4v) is 3.06. The van der Waals surface area contributed by atoms with E-state index in [0.717, 1.165) is 17.6 Å². The molecule has 0 aromatic heterocycles. The second kappa shape index (κ2) is 6.59. The van der Waals surface area contributed by atoms with Gasteiger partial charge >= 0.3 is 0 Å². The van der Waals surface area contributed by atoms with Crippen LogP contribution in [0.25, 0.3) is 0 Å². The largest absolute Gasteiger partial charge is 0.497 e. The second-order valence-electron chi connectivity index (χ2n) is 6.33. The van der Waals surface area contributed by atoms with Crippen molar-refractivity contribution in [2.75, 3.05) is 20.2 Å². The van der Waals surface area contributed by atoms with E-state index in [9.17, 15) is 0 Å². The van der Waals surface area contributed by atoms with Gasteiger partial charge in [-0.3, -0.25) is 4.90 Å². The van der Waals surface area contributed by atoms with Gasteiger partial charge in [-0.1, -0.05) is 26.0 Å². The maximum Gasteiger partial charge on any atom is 0.118 e. The van der Waals surface area contributed by atoms with Crippen LogP contribution in [-0.4, -0.2) is 31.1 Å². The number of methoxy groups -OCH3 is 1. The topological polar surface area (TPSA) is 38.5 Å². The Bertz CT molecular complexity index is 416. The highest BCUT2D eigenvalue weighted by Gasteiger charge is 2.30. The van der Waals surface area contributed by atoms with E-state index in [2.05, 4.69) is 37.8 Å². The molecule has 0 bridgehead atoms. The first kappa shape index (κ1) is 15.3. The molecule has 0 amide bonds. The number of hydrogen-bond acceptors (Lipinski definition) is 3. The van der Waals surface area contributed by atoms with Crippen LogP contribution >= 0.6 is 0 Å². The van der Waals surface area contributed by atoms with Crippen LogP contribution in [0.2, 0.25) is 0 Å². The van der Waals surface area contributed by atoms with Gasteiger partial charge in [-0.2, -0.15) is 0 Å². The van der Waals surface area contributed by atoms with Crippen molar-refractivity contribution >= 4 is 0 Å². The minimum absolute atomic E-state index is 0.0619. The lowest BCUT2D eigenvalue weighted by Gasteiger charge is -2.30. The molecule has 1 aromatic carbocycles. The van der Waals surface area contributed by atoms with Crippen LogP contribution in [0.4, 0.5) is 0 Å². The molecule has 0 radical (unpaired) electrons. The molecule has 1 aliphatic heterocycles. The van der Waals surface area contributed by atoms with Crippen LogP contribution in [0.1, 0.15) is 38.8 Å². The molecule has 0 aliphatic carbocycles. The molecule has 2 N–H and O–H groups in total. The predicted molar refractivity (Wildman–Crippen MR) is 83.9 cm³/mol. The van der Waals surface area contributed by atoms with Gasteiger partial charge in [0.1, 0.15) is 5.75 Å². The van der Waals surface area contributed by atoms with E-state index >= 15 is 0 Å². The molecule has 1 aromatic rings. The Balaban J connectivity index is 1.99. The Hall–Kier alpha value is -1.06. The van der Waals surface area contributed by atoms with Gasteiger partial charge in [-0.15, -0.1) is 0 Å². The number of hydrogen-bond donors (Lipinski definition) is 1. The van der Waals surface area contributed by atoms with Crippen molar-refractivity contribution in [2.45, 2.75) is 39.3 Å². The Morgan fingerprint density at radius 2 is 1.85 bits per heavy atom. The molecule has 1 aliphatic rings. The summed E-state index contributed by atoms with van der Waals surface area (Å²) in [5.74, 6) is 2.47. The number of rotatable bonds is 5. The molecular formula is C17H28N2O. The highest BCUT2D eigenvalue weighted by Crippen LogP contribution is 2.29. The van der Waals surface area contributed by atoms with Gasteiger partial charge in [0.05, 0.1) is 7.11 Å². The van der Waals surface area contributed by atoms with Gasteiger partial charge < -0.3 is 10.5 Å². The van der Waals surface area contributed by atoms with Gasteiger partial charge in [-0.25, -0.2) is 0 Å². The van der Waals surface area contributed by atoms with E-state index in [4.69, 9.17) is 10.5 Å². The SMILES string of the molecule is COc1ccc(C(N)C(C)N2CCC(C(C)C)C2)cc1. The lowest BCUT2D eigenvalue weighted by Crippen LogP contribution is -2.39. The van der Waals surface area contributed by atoms with Crippen LogP contribution in [0, 0.1) is 11.8 Å². The van der Waals surface area contributed by atoms with Crippen LogP contribution in [0.3, 0.4) is 0 Å². The zero-order valence-electron chi connectivity index (χ0n) is 13.2. The Labute approximate surface area is 123 Å². The van der Waals surface area contributed by atoms with Gasteiger partial charge in [0.25, 0.3) is 0 Å². The highest BCUT2D eigenvalue weighted by molar-refractivity contribution is 5.29. The summed E-state index contributed by atoms with van der Waals surface area (Å²) in [6.07, 6.45) is 1.30. The summed E-state index contributed by atoms with van der Waals surface area (Å²) in [5, 5.41) is 0. The van der Waals surface area contributed by atoms with Crippen LogP contribution in [0.5, 0.6) is 5.75 Å². The summed E-state index contributed by atoms with van der Waals surface area (Å²) in [5.41, 5.74) is 7.64. The van der Waals surface area contributed by atoms with Gasteiger partial charge in [0.15, 0.2) is 0 Å². The molecule has 3 atom stereocenters. The number of nitrogens with two attached hydrogens (primary N) is 1. The molecule has 1 saturated heterocycles. The summed E-state index contributed by atoms with van der Waals surface area (Å²) < 4.78 is 5.20. The minimum atomic E-state index is 0.0619. The first-order chi connectivity index (χ1) is 9.52. The van der Waals surface area contributed by atoms with Crippen molar-refractivity contribution in [1.29, 1.82) is 0 Å². The zero-order valence-corrected chi connectivity index (χ0v) is 13.2. The van der Waals surface area contributed by atoms with E-state index in [-0.39, 0.29) is 6.04 Å². The standard InChI is InChI=1S/C17H28N2O/c1-12(2)15-9-10-19(11-15)13(3)17(18)14-5-7-16(20-4)8-6-14/h5-8,12-13,15,17H,9-11,18H2,1-4H3. The van der Waals surface area contributed by atoms with Crippen LogP contribution < -0.4 is 10.5 Å². The Morgan fingerprint density at radius 3 is 2.35 bits per heavy atom. The summed E-state index contributed by atoms with van der Waals surface area (Å²) in [4.78, 5) is 2.54. The van der Waals surface area contributed by atoms with E-state index in [1.165, 1.54) is 25.1 Å². The summed E-state index contributed by atoms with van der Waals surface area (Å²) in [7, 11) is 1.69. The number of ether oxygens (including phenoxy) is 1. The molecule has 20 heavy (non-hydrogen) atoms. The summed E-state index contributed by atoms with van der Waals surface area (Å²) in [6.45, 7) is 9.25. The van der Waals surface area contributed by atoms with Gasteiger partial charge in [-0.05, 0) is 49.4 Å². The van der Waals surface area contributed by atoms with Gasteiger partial charge in [0, 0.05) is 18.6 Å². The van der Waals surface area contributed by atoms with Gasteiger partial charge in [0.2, 0.25) is 0 Å². The lowest BCUT2D eigenvalue weighted by atomic mass is 9.95. The van der Waals surface area contributed by atoms with Crippen molar-refractivity contribution in [1.82, 2.24) is 4.90 Å². The van der Waals surface area contributed by atoms with E-state index < -0.39 is 0 Å². The molecule has 0 saturated carbocycles. The maximum absolute atomic E-state index is 6.45. The third-order valence-corrected chi connectivity index (χ3v) is 4.80. The zero-order chi connectivity index (χ0) is 14.7. The lowest BCUT2D eigenvalue weighted by molar-refractivity contribution is 0.212. The third-order valence-electron chi connectivity index (χ3n) is 4.80. The van der Waals surface area contributed by atoms with Crippen molar-refractivity contribution in [3.05, 3.63) is 29.8 Å². The van der Waals surface area contributed by atoms with E-state index in [0.29, 0.717) is 6.04 Å². The van der Waals surface area contributed by atoms with Crippen LogP contribution in [-0.2, 0) is 0 Å². The fourth-order valence-electron chi connectivity index (χ4n) is 3.06. The normalized spacial score (nSPS) is 23.0. The number of benzene rings is 1. The molecule has 3 unspecified atom stereocenters. The molecule has 1 heterocycles. The maximum atomic E-state index is 6.45.